The fourth-order valence-corrected chi connectivity index (χ4v) is 2.63. The lowest BCUT2D eigenvalue weighted by atomic mass is 9.88. The first-order valence-corrected chi connectivity index (χ1v) is 8.52. The Morgan fingerprint density at radius 2 is 1.96 bits per heavy atom. The van der Waals surface area contributed by atoms with Gasteiger partial charge in [0.1, 0.15) is 18.0 Å². The average molecular weight is 345 g/mol. The smallest absolute Gasteiger partial charge is 0.244 e. The van der Waals surface area contributed by atoms with E-state index < -0.39 is 5.41 Å². The zero-order valence-electron chi connectivity index (χ0n) is 15.9. The lowest BCUT2D eigenvalue weighted by Crippen LogP contribution is -2.31. The number of fused-ring (bicyclic) bond motifs is 1. The molecule has 136 valence electrons. The summed E-state index contributed by atoms with van der Waals surface area (Å²) in [5.74, 6) is 0.581. The number of nitrogens with zero attached hydrogens (tertiary/aromatic N) is 3. The molecule has 0 aliphatic heterocycles. The van der Waals surface area contributed by atoms with Crippen molar-refractivity contribution in [1.29, 1.82) is 0 Å². The van der Waals surface area contributed by atoms with Gasteiger partial charge in [-0.15, -0.1) is 0 Å². The molecule has 25 heavy (non-hydrogen) atoms. The van der Waals surface area contributed by atoms with E-state index in [9.17, 15) is 9.59 Å². The van der Waals surface area contributed by atoms with Gasteiger partial charge in [0.05, 0.1) is 12.6 Å². The molecule has 0 unspecified atom stereocenters. The van der Waals surface area contributed by atoms with E-state index in [-0.39, 0.29) is 18.2 Å². The van der Waals surface area contributed by atoms with Crippen molar-refractivity contribution in [3.05, 3.63) is 23.9 Å². The quantitative estimate of drug-likeness (QED) is 0.755. The Balaban J connectivity index is 2.51. The molecular weight excluding hydrogens is 318 g/mol. The molecule has 0 fully saturated rings. The van der Waals surface area contributed by atoms with Crippen LogP contribution < -0.4 is 4.74 Å². The number of rotatable bonds is 6. The third-order valence-electron chi connectivity index (χ3n) is 4.12. The van der Waals surface area contributed by atoms with Crippen LogP contribution in [0.3, 0.4) is 0 Å². The van der Waals surface area contributed by atoms with Crippen molar-refractivity contribution in [2.24, 2.45) is 5.41 Å². The summed E-state index contributed by atoms with van der Waals surface area (Å²) in [4.78, 5) is 26.9. The second-order valence-corrected chi connectivity index (χ2v) is 7.28. The van der Waals surface area contributed by atoms with E-state index in [0.29, 0.717) is 18.0 Å². The van der Waals surface area contributed by atoms with Crippen LogP contribution in [-0.4, -0.2) is 47.1 Å². The maximum Gasteiger partial charge on any atom is 0.244 e. The minimum atomic E-state index is -0.547. The molecule has 0 saturated carbocycles. The van der Waals surface area contributed by atoms with Gasteiger partial charge in [0, 0.05) is 30.5 Å². The monoisotopic (exact) mass is 345 g/mol. The fourth-order valence-electron chi connectivity index (χ4n) is 2.63. The molecule has 0 radical (unpaired) electrons. The Labute approximate surface area is 148 Å². The second-order valence-electron chi connectivity index (χ2n) is 7.28. The molecule has 1 aromatic carbocycles. The van der Waals surface area contributed by atoms with E-state index in [0.717, 1.165) is 17.3 Å². The zero-order chi connectivity index (χ0) is 18.8. The van der Waals surface area contributed by atoms with Crippen molar-refractivity contribution >= 4 is 22.6 Å². The highest BCUT2D eigenvalue weighted by molar-refractivity contribution is 6.08. The minimum Gasteiger partial charge on any atom is -0.497 e. The number of carbonyl (C=O) groups excluding carboxylic acids is 2. The highest BCUT2D eigenvalue weighted by Gasteiger charge is 2.28. The molecule has 1 aromatic heterocycles. The Morgan fingerprint density at radius 1 is 1.28 bits per heavy atom. The van der Waals surface area contributed by atoms with Crippen molar-refractivity contribution in [1.82, 2.24) is 14.7 Å². The number of ether oxygens (including phenoxy) is 1. The van der Waals surface area contributed by atoms with Crippen LogP contribution in [0.15, 0.2) is 18.2 Å². The number of carbonyl (C=O) groups is 2. The molecular formula is C19H27N3O3. The first kappa shape index (κ1) is 19.0. The molecule has 0 spiro atoms. The number of hydrogen-bond acceptors (Lipinski definition) is 4. The molecule has 0 bridgehead atoms. The highest BCUT2D eigenvalue weighted by Crippen LogP contribution is 2.28. The molecule has 0 aliphatic rings. The third-order valence-corrected chi connectivity index (χ3v) is 4.12. The summed E-state index contributed by atoms with van der Waals surface area (Å²) in [5, 5.41) is 5.22. The summed E-state index contributed by atoms with van der Waals surface area (Å²) in [5.41, 5.74) is 0.580. The van der Waals surface area contributed by atoms with Crippen molar-refractivity contribution in [3.8, 4) is 5.75 Å². The van der Waals surface area contributed by atoms with Crippen LogP contribution in [0.2, 0.25) is 0 Å². The van der Waals surface area contributed by atoms with E-state index in [1.54, 1.807) is 29.8 Å². The molecule has 6 nitrogen and oxygen atoms in total. The van der Waals surface area contributed by atoms with Crippen molar-refractivity contribution in [2.75, 3.05) is 20.7 Å². The number of methoxy groups -OCH3 is 1. The predicted octanol–water partition coefficient (Wildman–Crippen LogP) is 3.14. The molecule has 0 aliphatic carbocycles. The number of hydrogen-bond donors (Lipinski definition) is 0. The van der Waals surface area contributed by atoms with Crippen LogP contribution in [0, 0.1) is 5.41 Å². The number of ketones is 1. The van der Waals surface area contributed by atoms with Crippen LogP contribution >= 0.6 is 0 Å². The van der Waals surface area contributed by atoms with Gasteiger partial charge < -0.3 is 9.64 Å². The fraction of sp³-hybridized carbons (Fsp3) is 0.526. The largest absolute Gasteiger partial charge is 0.497 e. The average Bonchev–Trinajstić information content (AvgIpc) is 2.91. The molecule has 1 amide bonds. The minimum absolute atomic E-state index is 0.0381. The van der Waals surface area contributed by atoms with E-state index >= 15 is 0 Å². The normalized spacial score (nSPS) is 11.6. The number of aromatic nitrogens is 2. The summed E-state index contributed by atoms with van der Waals surface area (Å²) in [6.07, 6.45) is 0.893. The van der Waals surface area contributed by atoms with Gasteiger partial charge in [-0.1, -0.05) is 27.7 Å². The van der Waals surface area contributed by atoms with E-state index in [1.807, 2.05) is 39.8 Å². The summed E-state index contributed by atoms with van der Waals surface area (Å²) >= 11 is 0. The Morgan fingerprint density at radius 3 is 2.52 bits per heavy atom. The van der Waals surface area contributed by atoms with Gasteiger partial charge in [-0.05, 0) is 18.6 Å². The van der Waals surface area contributed by atoms with Crippen molar-refractivity contribution in [3.63, 3.8) is 0 Å². The Bertz CT molecular complexity index is 787. The lowest BCUT2D eigenvalue weighted by Gasteiger charge is -2.16. The number of Topliss-reactive ketones (excluding diaryl/α,β-unsaturated/α-hetero) is 1. The first-order valence-electron chi connectivity index (χ1n) is 8.52. The van der Waals surface area contributed by atoms with Crippen LogP contribution in [0.5, 0.6) is 5.75 Å². The molecule has 2 rings (SSSR count). The van der Waals surface area contributed by atoms with E-state index in [4.69, 9.17) is 4.74 Å². The molecule has 6 heteroatoms. The van der Waals surface area contributed by atoms with E-state index in [1.165, 1.54) is 0 Å². The topological polar surface area (TPSA) is 64.4 Å². The number of amides is 1. The maximum atomic E-state index is 12.8. The van der Waals surface area contributed by atoms with Crippen LogP contribution in [0.1, 0.15) is 44.6 Å². The standard InChI is InChI=1S/C19H27N3O3/c1-7-10-21(5)16(23)12-22-15-11-13(25-6)8-9-14(15)17(20-22)18(24)19(2,3)4/h8-9,11H,7,10,12H2,1-6H3. The summed E-state index contributed by atoms with van der Waals surface area (Å²) in [7, 11) is 3.36. The zero-order valence-corrected chi connectivity index (χ0v) is 15.9. The van der Waals surface area contributed by atoms with Crippen molar-refractivity contribution < 1.29 is 14.3 Å². The molecule has 1 heterocycles. The Kier molecular flexibility index (Phi) is 5.50. The van der Waals surface area contributed by atoms with Gasteiger partial charge in [0.25, 0.3) is 0 Å². The van der Waals surface area contributed by atoms with Gasteiger partial charge in [0.15, 0.2) is 5.78 Å². The summed E-state index contributed by atoms with van der Waals surface area (Å²) in [6.45, 7) is 8.41. The van der Waals surface area contributed by atoms with Gasteiger partial charge in [-0.2, -0.15) is 5.10 Å². The highest BCUT2D eigenvalue weighted by atomic mass is 16.5. The Hall–Kier alpha value is -2.37. The van der Waals surface area contributed by atoms with E-state index in [2.05, 4.69) is 5.10 Å². The van der Waals surface area contributed by atoms with Gasteiger partial charge in [-0.25, -0.2) is 0 Å². The van der Waals surface area contributed by atoms with Gasteiger partial charge in [0.2, 0.25) is 5.91 Å². The summed E-state index contributed by atoms with van der Waals surface area (Å²) in [6, 6.07) is 5.45. The van der Waals surface area contributed by atoms with Crippen LogP contribution in [0.4, 0.5) is 0 Å². The summed E-state index contributed by atoms with van der Waals surface area (Å²) < 4.78 is 6.89. The predicted molar refractivity (Wildman–Crippen MR) is 98.0 cm³/mol. The number of benzene rings is 1. The van der Waals surface area contributed by atoms with Crippen LogP contribution in [-0.2, 0) is 11.3 Å². The SMILES string of the molecule is CCCN(C)C(=O)Cn1nc(C(=O)C(C)(C)C)c2ccc(OC)cc21. The third kappa shape index (κ3) is 4.00. The van der Waals surface area contributed by atoms with Crippen molar-refractivity contribution in [2.45, 2.75) is 40.7 Å². The van der Waals surface area contributed by atoms with Crippen LogP contribution in [0.25, 0.3) is 10.9 Å². The maximum absolute atomic E-state index is 12.8. The molecule has 0 saturated heterocycles. The molecule has 2 aromatic rings. The lowest BCUT2D eigenvalue weighted by molar-refractivity contribution is -0.130. The molecule has 0 N–H and O–H groups in total. The number of likely N-dealkylation sites (N-methyl/N-ethyl adjacent to an activating group) is 1. The molecule has 0 atom stereocenters. The van der Waals surface area contributed by atoms with Gasteiger partial charge >= 0.3 is 0 Å². The van der Waals surface area contributed by atoms with Gasteiger partial charge in [-0.3, -0.25) is 14.3 Å². The first-order chi connectivity index (χ1) is 11.7. The second kappa shape index (κ2) is 7.25.